The Morgan fingerprint density at radius 1 is 1.21 bits per heavy atom. The van der Waals surface area contributed by atoms with Crippen LogP contribution in [0.1, 0.15) is 66.9 Å². The van der Waals surface area contributed by atoms with Gasteiger partial charge in [0.05, 0.1) is 10.2 Å². The van der Waals surface area contributed by atoms with Crippen molar-refractivity contribution in [2.45, 2.75) is 50.7 Å². The van der Waals surface area contributed by atoms with E-state index in [-0.39, 0.29) is 22.7 Å². The van der Waals surface area contributed by atoms with Crippen molar-refractivity contribution in [3.05, 3.63) is 69.3 Å². The number of ketones is 1. The molecule has 1 fully saturated rings. The van der Waals surface area contributed by atoms with E-state index in [0.29, 0.717) is 24.3 Å². The van der Waals surface area contributed by atoms with Gasteiger partial charge in [0, 0.05) is 17.2 Å². The molecule has 7 nitrogen and oxygen atoms in total. The SMILES string of the molecule is CCC(C)c1cccc(C(=O)c2ccc([N+](=O)[O-])c(NS(=O)(=O)C3CCC3)c2)c1. The normalized spacial score (nSPS) is 15.4. The fourth-order valence-electron chi connectivity index (χ4n) is 3.22. The topological polar surface area (TPSA) is 106 Å². The third-order valence-corrected chi connectivity index (χ3v) is 7.38. The number of carbonyl (C=O) groups is 1. The van der Waals surface area contributed by atoms with Gasteiger partial charge in [-0.15, -0.1) is 0 Å². The fourth-order valence-corrected chi connectivity index (χ4v) is 4.82. The van der Waals surface area contributed by atoms with Crippen LogP contribution in [-0.4, -0.2) is 24.4 Å². The Morgan fingerprint density at radius 2 is 1.90 bits per heavy atom. The van der Waals surface area contributed by atoms with Crippen molar-refractivity contribution in [2.75, 3.05) is 4.72 Å². The molecule has 2 aromatic rings. The van der Waals surface area contributed by atoms with Gasteiger partial charge in [-0.2, -0.15) is 0 Å². The molecule has 3 rings (SSSR count). The molecular weight excluding hydrogens is 392 g/mol. The molecular formula is C21H24N2O5S. The summed E-state index contributed by atoms with van der Waals surface area (Å²) in [6, 6.07) is 11.1. The van der Waals surface area contributed by atoms with E-state index in [4.69, 9.17) is 0 Å². The van der Waals surface area contributed by atoms with Gasteiger partial charge in [0.1, 0.15) is 5.69 Å². The summed E-state index contributed by atoms with van der Waals surface area (Å²) >= 11 is 0. The van der Waals surface area contributed by atoms with Crippen molar-refractivity contribution in [3.8, 4) is 0 Å². The number of sulfonamides is 1. The molecule has 1 N–H and O–H groups in total. The van der Waals surface area contributed by atoms with Crippen LogP contribution in [0.4, 0.5) is 11.4 Å². The number of rotatable bonds is 8. The maximum atomic E-state index is 13.0. The first-order valence-electron chi connectivity index (χ1n) is 9.67. The number of nitro groups is 1. The fraction of sp³-hybridized carbons (Fsp3) is 0.381. The Labute approximate surface area is 170 Å². The first kappa shape index (κ1) is 21.0. The van der Waals surface area contributed by atoms with Gasteiger partial charge in [-0.25, -0.2) is 8.42 Å². The standard InChI is InChI=1S/C21H24N2O5S/c1-3-14(2)15-6-4-7-16(12-15)21(24)17-10-11-20(23(25)26)19(13-17)22-29(27,28)18-8-5-9-18/h4,6-7,10-14,18,22H,3,5,8-9H2,1-2H3. The number of hydrogen-bond acceptors (Lipinski definition) is 5. The van der Waals surface area contributed by atoms with E-state index in [1.807, 2.05) is 12.1 Å². The molecule has 154 valence electrons. The van der Waals surface area contributed by atoms with Gasteiger partial charge in [-0.05, 0) is 48.9 Å². The first-order valence-corrected chi connectivity index (χ1v) is 11.2. The average molecular weight is 416 g/mol. The Bertz CT molecular complexity index is 1040. The minimum Gasteiger partial charge on any atom is -0.289 e. The summed E-state index contributed by atoms with van der Waals surface area (Å²) in [5, 5.41) is 10.8. The maximum absolute atomic E-state index is 13.0. The zero-order chi connectivity index (χ0) is 21.2. The molecule has 2 aromatic carbocycles. The van der Waals surface area contributed by atoms with E-state index < -0.39 is 20.2 Å². The Balaban J connectivity index is 1.96. The third kappa shape index (κ3) is 4.48. The number of hydrogen-bond donors (Lipinski definition) is 1. The van der Waals surface area contributed by atoms with Gasteiger partial charge in [0.25, 0.3) is 5.69 Å². The molecule has 0 aliphatic heterocycles. The van der Waals surface area contributed by atoms with Crippen LogP contribution in [0.15, 0.2) is 42.5 Å². The van der Waals surface area contributed by atoms with Crippen LogP contribution in [0, 0.1) is 10.1 Å². The van der Waals surface area contributed by atoms with E-state index >= 15 is 0 Å². The Hall–Kier alpha value is -2.74. The van der Waals surface area contributed by atoms with Crippen LogP contribution in [0.5, 0.6) is 0 Å². The lowest BCUT2D eigenvalue weighted by atomic mass is 9.94. The number of nitro benzene ring substituents is 1. The van der Waals surface area contributed by atoms with Gasteiger partial charge < -0.3 is 0 Å². The number of anilines is 1. The van der Waals surface area contributed by atoms with Crippen molar-refractivity contribution in [3.63, 3.8) is 0 Å². The number of carbonyl (C=O) groups excluding carboxylic acids is 1. The second-order valence-electron chi connectivity index (χ2n) is 7.45. The number of nitrogens with zero attached hydrogens (tertiary/aromatic N) is 1. The second kappa shape index (κ2) is 8.32. The molecule has 0 aromatic heterocycles. The van der Waals surface area contributed by atoms with Crippen molar-refractivity contribution < 1.29 is 18.1 Å². The summed E-state index contributed by atoms with van der Waals surface area (Å²) in [7, 11) is -3.73. The Kier molecular flexibility index (Phi) is 6.02. The second-order valence-corrected chi connectivity index (χ2v) is 9.41. The zero-order valence-electron chi connectivity index (χ0n) is 16.4. The lowest BCUT2D eigenvalue weighted by Crippen LogP contribution is -2.33. The van der Waals surface area contributed by atoms with Gasteiger partial charge in [-0.3, -0.25) is 19.6 Å². The summed E-state index contributed by atoms with van der Waals surface area (Å²) in [6.45, 7) is 4.14. The third-order valence-electron chi connectivity index (χ3n) is 5.53. The highest BCUT2D eigenvalue weighted by molar-refractivity contribution is 7.93. The smallest absolute Gasteiger partial charge is 0.289 e. The van der Waals surface area contributed by atoms with Crippen LogP contribution in [0.2, 0.25) is 0 Å². The molecule has 0 saturated heterocycles. The van der Waals surface area contributed by atoms with Crippen LogP contribution >= 0.6 is 0 Å². The van der Waals surface area contributed by atoms with Crippen LogP contribution < -0.4 is 4.72 Å². The molecule has 1 unspecified atom stereocenters. The van der Waals surface area contributed by atoms with E-state index in [1.165, 1.54) is 18.2 Å². The zero-order valence-corrected chi connectivity index (χ0v) is 17.2. The van der Waals surface area contributed by atoms with Crippen LogP contribution in [-0.2, 0) is 10.0 Å². The highest BCUT2D eigenvalue weighted by Crippen LogP contribution is 2.32. The lowest BCUT2D eigenvalue weighted by Gasteiger charge is -2.25. The number of benzene rings is 2. The van der Waals surface area contributed by atoms with Crippen LogP contribution in [0.25, 0.3) is 0 Å². The molecule has 0 bridgehead atoms. The molecule has 8 heteroatoms. The maximum Gasteiger partial charge on any atom is 0.293 e. The van der Waals surface area contributed by atoms with Crippen molar-refractivity contribution in [1.29, 1.82) is 0 Å². The minimum absolute atomic E-state index is 0.175. The van der Waals surface area contributed by atoms with Crippen molar-refractivity contribution in [1.82, 2.24) is 0 Å². The monoisotopic (exact) mass is 416 g/mol. The molecule has 1 atom stereocenters. The highest BCUT2D eigenvalue weighted by Gasteiger charge is 2.33. The predicted molar refractivity (Wildman–Crippen MR) is 112 cm³/mol. The van der Waals surface area contributed by atoms with E-state index in [2.05, 4.69) is 18.6 Å². The van der Waals surface area contributed by atoms with Gasteiger partial charge >= 0.3 is 0 Å². The Morgan fingerprint density at radius 3 is 2.48 bits per heavy atom. The largest absolute Gasteiger partial charge is 0.293 e. The first-order chi connectivity index (χ1) is 13.7. The molecule has 0 amide bonds. The molecule has 1 aliphatic carbocycles. The van der Waals surface area contributed by atoms with Gasteiger partial charge in [0.15, 0.2) is 5.78 Å². The average Bonchev–Trinajstić information content (AvgIpc) is 2.64. The van der Waals surface area contributed by atoms with E-state index in [0.717, 1.165) is 18.4 Å². The minimum atomic E-state index is -3.73. The molecule has 1 aliphatic rings. The van der Waals surface area contributed by atoms with Gasteiger partial charge in [-0.1, -0.05) is 38.5 Å². The quantitative estimate of drug-likeness (QED) is 0.383. The van der Waals surface area contributed by atoms with E-state index in [1.54, 1.807) is 12.1 Å². The highest BCUT2D eigenvalue weighted by atomic mass is 32.2. The summed E-state index contributed by atoms with van der Waals surface area (Å²) in [5.41, 5.74) is 1.14. The van der Waals surface area contributed by atoms with Crippen molar-refractivity contribution >= 4 is 27.2 Å². The number of nitrogens with one attached hydrogen (secondary N) is 1. The van der Waals surface area contributed by atoms with Crippen molar-refractivity contribution in [2.24, 2.45) is 0 Å². The summed E-state index contributed by atoms with van der Waals surface area (Å²) in [4.78, 5) is 23.7. The summed E-state index contributed by atoms with van der Waals surface area (Å²) in [5.74, 6) is -0.0152. The lowest BCUT2D eigenvalue weighted by molar-refractivity contribution is -0.383. The molecule has 0 spiro atoms. The van der Waals surface area contributed by atoms with Crippen LogP contribution in [0.3, 0.4) is 0 Å². The molecule has 0 heterocycles. The molecule has 29 heavy (non-hydrogen) atoms. The predicted octanol–water partition coefficient (Wildman–Crippen LogP) is 4.63. The summed E-state index contributed by atoms with van der Waals surface area (Å²) in [6.07, 6.45) is 2.81. The van der Waals surface area contributed by atoms with Gasteiger partial charge in [0.2, 0.25) is 10.0 Å². The summed E-state index contributed by atoms with van der Waals surface area (Å²) < 4.78 is 27.2. The molecule has 1 saturated carbocycles. The molecule has 0 radical (unpaired) electrons. The van der Waals surface area contributed by atoms with E-state index in [9.17, 15) is 23.3 Å².